The monoisotopic (exact) mass is 295 g/mol. The highest BCUT2D eigenvalue weighted by molar-refractivity contribution is 5.78. The molecule has 1 aromatic rings. The molecule has 0 aliphatic rings. The van der Waals surface area contributed by atoms with Crippen molar-refractivity contribution in [1.82, 2.24) is 5.32 Å². The van der Waals surface area contributed by atoms with Gasteiger partial charge in [-0.3, -0.25) is 9.59 Å². The lowest BCUT2D eigenvalue weighted by atomic mass is 10.1. The maximum atomic E-state index is 11.7. The lowest BCUT2D eigenvalue weighted by molar-refractivity contribution is -0.141. The first kappa shape index (κ1) is 16.8. The summed E-state index contributed by atoms with van der Waals surface area (Å²) in [6, 6.07) is 7.07. The Balaban J connectivity index is 2.44. The summed E-state index contributed by atoms with van der Waals surface area (Å²) in [5.74, 6) is -0.796. The Bertz CT molecular complexity index is 475. The second-order valence-corrected chi connectivity index (χ2v) is 4.42. The van der Waals surface area contributed by atoms with Gasteiger partial charge in [0.25, 0.3) is 5.91 Å². The van der Waals surface area contributed by atoms with Gasteiger partial charge >= 0.3 is 5.97 Å². The van der Waals surface area contributed by atoms with Crippen LogP contribution in [0, 0.1) is 5.92 Å². The summed E-state index contributed by atoms with van der Waals surface area (Å²) < 4.78 is 10.8. The standard InChI is InChI=1S/C15H21NO5/c1-3-11(15(18)19)9-16-14(17)10-21-13-8-6-5-7-12(13)20-4-2/h5-8,11H,3-4,9-10H2,1-2H3,(H,16,17)(H,18,19). The quantitative estimate of drug-likeness (QED) is 0.724. The number of rotatable bonds is 9. The average molecular weight is 295 g/mol. The minimum absolute atomic E-state index is 0.0983. The molecule has 1 amide bonds. The van der Waals surface area contributed by atoms with Crippen LogP contribution in [0.25, 0.3) is 0 Å². The molecule has 0 radical (unpaired) electrons. The average Bonchev–Trinajstić information content (AvgIpc) is 2.47. The van der Waals surface area contributed by atoms with Crippen molar-refractivity contribution in [3.05, 3.63) is 24.3 Å². The maximum absolute atomic E-state index is 11.7. The SMILES string of the molecule is CCOc1ccccc1OCC(=O)NCC(CC)C(=O)O. The zero-order chi connectivity index (χ0) is 15.7. The second-order valence-electron chi connectivity index (χ2n) is 4.42. The van der Waals surface area contributed by atoms with E-state index in [4.69, 9.17) is 14.6 Å². The van der Waals surface area contributed by atoms with E-state index >= 15 is 0 Å². The van der Waals surface area contributed by atoms with Gasteiger partial charge in [-0.05, 0) is 25.5 Å². The minimum Gasteiger partial charge on any atom is -0.490 e. The molecule has 1 rings (SSSR count). The number of carboxylic acid groups (broad SMARTS) is 1. The third-order valence-corrected chi connectivity index (χ3v) is 2.90. The van der Waals surface area contributed by atoms with Gasteiger partial charge in [-0.1, -0.05) is 19.1 Å². The van der Waals surface area contributed by atoms with Crippen molar-refractivity contribution < 1.29 is 24.2 Å². The van der Waals surface area contributed by atoms with Crippen molar-refractivity contribution in [3.8, 4) is 11.5 Å². The number of benzene rings is 1. The molecular formula is C15H21NO5. The molecule has 6 nitrogen and oxygen atoms in total. The summed E-state index contributed by atoms with van der Waals surface area (Å²) in [5.41, 5.74) is 0. The molecule has 0 heterocycles. The summed E-state index contributed by atoms with van der Waals surface area (Å²) in [7, 11) is 0. The first-order valence-corrected chi connectivity index (χ1v) is 6.92. The fourth-order valence-corrected chi connectivity index (χ4v) is 1.68. The molecule has 0 aliphatic carbocycles. The molecule has 1 atom stereocenters. The molecule has 0 saturated heterocycles. The third kappa shape index (κ3) is 5.72. The molecule has 0 aliphatic heterocycles. The van der Waals surface area contributed by atoms with E-state index in [1.807, 2.05) is 13.0 Å². The molecule has 21 heavy (non-hydrogen) atoms. The van der Waals surface area contributed by atoms with Crippen LogP contribution in [-0.2, 0) is 9.59 Å². The number of carbonyl (C=O) groups is 2. The van der Waals surface area contributed by atoms with Crippen LogP contribution in [0.15, 0.2) is 24.3 Å². The van der Waals surface area contributed by atoms with Gasteiger partial charge in [0.15, 0.2) is 18.1 Å². The highest BCUT2D eigenvalue weighted by Crippen LogP contribution is 2.26. The largest absolute Gasteiger partial charge is 0.490 e. The van der Waals surface area contributed by atoms with E-state index in [1.54, 1.807) is 25.1 Å². The Labute approximate surface area is 124 Å². The highest BCUT2D eigenvalue weighted by atomic mass is 16.5. The number of hydrogen-bond donors (Lipinski definition) is 2. The summed E-state index contributed by atoms with van der Waals surface area (Å²) in [4.78, 5) is 22.5. The van der Waals surface area contributed by atoms with Crippen LogP contribution in [0.1, 0.15) is 20.3 Å². The Morgan fingerprint density at radius 2 is 1.81 bits per heavy atom. The van der Waals surface area contributed by atoms with Crippen LogP contribution in [0.3, 0.4) is 0 Å². The smallest absolute Gasteiger partial charge is 0.308 e. The molecule has 6 heteroatoms. The van der Waals surface area contributed by atoms with E-state index in [2.05, 4.69) is 5.32 Å². The molecular weight excluding hydrogens is 274 g/mol. The number of para-hydroxylation sites is 2. The van der Waals surface area contributed by atoms with Gasteiger partial charge in [0.1, 0.15) is 0 Å². The second kappa shape index (κ2) is 8.84. The Morgan fingerprint density at radius 3 is 2.33 bits per heavy atom. The predicted octanol–water partition coefficient (Wildman–Crippen LogP) is 1.69. The van der Waals surface area contributed by atoms with Gasteiger partial charge in [-0.2, -0.15) is 0 Å². The van der Waals surface area contributed by atoms with Gasteiger partial charge < -0.3 is 19.9 Å². The normalized spacial score (nSPS) is 11.5. The van der Waals surface area contributed by atoms with E-state index in [0.717, 1.165) is 0 Å². The van der Waals surface area contributed by atoms with Crippen LogP contribution in [0.5, 0.6) is 11.5 Å². The minimum atomic E-state index is -0.916. The van der Waals surface area contributed by atoms with Gasteiger partial charge in [0.2, 0.25) is 0 Å². The van der Waals surface area contributed by atoms with Gasteiger partial charge in [-0.15, -0.1) is 0 Å². The number of aliphatic carboxylic acids is 1. The van der Waals surface area contributed by atoms with Crippen LogP contribution in [0.2, 0.25) is 0 Å². The first-order chi connectivity index (χ1) is 10.1. The molecule has 0 spiro atoms. The zero-order valence-corrected chi connectivity index (χ0v) is 12.3. The highest BCUT2D eigenvalue weighted by Gasteiger charge is 2.16. The van der Waals surface area contributed by atoms with E-state index in [1.165, 1.54) is 0 Å². The number of hydrogen-bond acceptors (Lipinski definition) is 4. The van der Waals surface area contributed by atoms with Crippen molar-refractivity contribution >= 4 is 11.9 Å². The van der Waals surface area contributed by atoms with Gasteiger partial charge in [0.05, 0.1) is 12.5 Å². The van der Waals surface area contributed by atoms with E-state index in [9.17, 15) is 9.59 Å². The zero-order valence-electron chi connectivity index (χ0n) is 12.3. The predicted molar refractivity (Wildman–Crippen MR) is 77.5 cm³/mol. The Hall–Kier alpha value is -2.24. The lowest BCUT2D eigenvalue weighted by Gasteiger charge is -2.13. The summed E-state index contributed by atoms with van der Waals surface area (Å²) in [6.45, 7) is 4.05. The molecule has 116 valence electrons. The number of carbonyl (C=O) groups excluding carboxylic acids is 1. The summed E-state index contributed by atoms with van der Waals surface area (Å²) in [5, 5.41) is 11.4. The third-order valence-electron chi connectivity index (χ3n) is 2.90. The molecule has 2 N–H and O–H groups in total. The topological polar surface area (TPSA) is 84.9 Å². The van der Waals surface area contributed by atoms with Crippen molar-refractivity contribution in [2.45, 2.75) is 20.3 Å². The molecule has 0 aromatic heterocycles. The molecule has 0 bridgehead atoms. The van der Waals surface area contributed by atoms with Crippen LogP contribution in [-0.4, -0.2) is 36.7 Å². The number of carboxylic acids is 1. The van der Waals surface area contributed by atoms with Crippen molar-refractivity contribution in [2.75, 3.05) is 19.8 Å². The molecule has 0 saturated carbocycles. The fourth-order valence-electron chi connectivity index (χ4n) is 1.68. The lowest BCUT2D eigenvalue weighted by Crippen LogP contribution is -2.35. The van der Waals surface area contributed by atoms with E-state index in [-0.39, 0.29) is 19.1 Å². The van der Waals surface area contributed by atoms with Crippen molar-refractivity contribution in [3.63, 3.8) is 0 Å². The van der Waals surface area contributed by atoms with E-state index in [0.29, 0.717) is 24.5 Å². The van der Waals surface area contributed by atoms with Gasteiger partial charge in [0, 0.05) is 6.54 Å². The summed E-state index contributed by atoms with van der Waals surface area (Å²) >= 11 is 0. The van der Waals surface area contributed by atoms with Crippen LogP contribution >= 0.6 is 0 Å². The van der Waals surface area contributed by atoms with Crippen molar-refractivity contribution in [2.24, 2.45) is 5.92 Å². The van der Waals surface area contributed by atoms with Crippen LogP contribution < -0.4 is 14.8 Å². The summed E-state index contributed by atoms with van der Waals surface area (Å²) in [6.07, 6.45) is 0.462. The molecule has 1 aromatic carbocycles. The first-order valence-electron chi connectivity index (χ1n) is 6.92. The number of ether oxygens (including phenoxy) is 2. The maximum Gasteiger partial charge on any atom is 0.308 e. The van der Waals surface area contributed by atoms with Gasteiger partial charge in [-0.25, -0.2) is 0 Å². The number of amides is 1. The molecule has 0 fully saturated rings. The van der Waals surface area contributed by atoms with Crippen molar-refractivity contribution in [1.29, 1.82) is 0 Å². The Morgan fingerprint density at radius 1 is 1.19 bits per heavy atom. The van der Waals surface area contributed by atoms with E-state index < -0.39 is 11.9 Å². The Kier molecular flexibility index (Phi) is 7.08. The molecule has 1 unspecified atom stereocenters. The van der Waals surface area contributed by atoms with Crippen LogP contribution in [0.4, 0.5) is 0 Å². The fraction of sp³-hybridized carbons (Fsp3) is 0.467. The number of nitrogens with one attached hydrogen (secondary N) is 1.